The molecular formula is C19H24N8O3. The molecule has 11 heteroatoms. The number of nitrogens with zero attached hydrogens (tertiary/aromatic N) is 5. The fourth-order valence-electron chi connectivity index (χ4n) is 3.96. The van der Waals surface area contributed by atoms with Gasteiger partial charge < -0.3 is 10.6 Å². The van der Waals surface area contributed by atoms with Gasteiger partial charge in [-0.25, -0.2) is 4.79 Å². The Morgan fingerprint density at radius 1 is 1.20 bits per heavy atom. The number of carbonyl (C=O) groups excluding carboxylic acids is 3. The van der Waals surface area contributed by atoms with E-state index in [1.807, 2.05) is 25.1 Å². The number of benzene rings is 1. The highest BCUT2D eigenvalue weighted by Crippen LogP contribution is 2.33. The maximum atomic E-state index is 12.7. The molecule has 3 N–H and O–H groups in total. The summed E-state index contributed by atoms with van der Waals surface area (Å²) in [6, 6.07) is 4.97. The molecule has 1 aromatic carbocycles. The van der Waals surface area contributed by atoms with E-state index >= 15 is 0 Å². The molecule has 1 spiro atoms. The van der Waals surface area contributed by atoms with Crippen LogP contribution >= 0.6 is 0 Å². The van der Waals surface area contributed by atoms with Crippen LogP contribution < -0.4 is 16.1 Å². The Labute approximate surface area is 173 Å². The molecule has 0 atom stereocenters. The van der Waals surface area contributed by atoms with Gasteiger partial charge in [-0.2, -0.15) is 9.69 Å². The third-order valence-corrected chi connectivity index (χ3v) is 5.62. The largest absolute Gasteiger partial charge is 0.376 e. The van der Waals surface area contributed by atoms with Gasteiger partial charge in [0.1, 0.15) is 5.54 Å². The van der Waals surface area contributed by atoms with Gasteiger partial charge in [0, 0.05) is 5.69 Å². The lowest BCUT2D eigenvalue weighted by atomic mass is 9.82. The molecule has 0 bridgehead atoms. The van der Waals surface area contributed by atoms with Crippen molar-refractivity contribution >= 4 is 23.5 Å². The fraction of sp³-hybridized carbons (Fsp3) is 0.474. The zero-order chi connectivity index (χ0) is 21.3. The molecule has 2 aromatic rings. The number of aromatic nitrogens is 4. The van der Waals surface area contributed by atoms with Crippen molar-refractivity contribution in [3.05, 3.63) is 29.6 Å². The van der Waals surface area contributed by atoms with Crippen molar-refractivity contribution in [2.24, 2.45) is 0 Å². The van der Waals surface area contributed by atoms with Crippen molar-refractivity contribution < 1.29 is 14.4 Å². The summed E-state index contributed by atoms with van der Waals surface area (Å²) in [5.41, 5.74) is 3.99. The van der Waals surface area contributed by atoms with Crippen LogP contribution in [0.4, 0.5) is 10.5 Å². The van der Waals surface area contributed by atoms with Crippen LogP contribution in [0.15, 0.2) is 18.2 Å². The molecule has 30 heavy (non-hydrogen) atoms. The van der Waals surface area contributed by atoms with Crippen molar-refractivity contribution in [2.75, 3.05) is 11.9 Å². The third-order valence-electron chi connectivity index (χ3n) is 5.62. The zero-order valence-corrected chi connectivity index (χ0v) is 16.9. The molecule has 4 amide bonds. The SMILES string of the molecule is Cc1ccc(NCC(=O)NN2C(=O)NC3(CCCCC3)C2=O)cc1-n1nnnc1C. The number of hydrogen-bond donors (Lipinski definition) is 3. The normalized spacial score (nSPS) is 17.9. The Bertz CT molecular complexity index is 995. The highest BCUT2D eigenvalue weighted by molar-refractivity contribution is 6.08. The summed E-state index contributed by atoms with van der Waals surface area (Å²) in [5.74, 6) is -0.234. The number of nitrogens with one attached hydrogen (secondary N) is 3. The lowest BCUT2D eigenvalue weighted by molar-refractivity contribution is -0.139. The first kappa shape index (κ1) is 19.8. The van der Waals surface area contributed by atoms with Gasteiger partial charge in [-0.3, -0.25) is 15.0 Å². The topological polar surface area (TPSA) is 134 Å². The van der Waals surface area contributed by atoms with E-state index in [1.54, 1.807) is 11.6 Å². The van der Waals surface area contributed by atoms with E-state index in [9.17, 15) is 14.4 Å². The first-order valence-corrected chi connectivity index (χ1v) is 9.96. The van der Waals surface area contributed by atoms with Gasteiger partial charge in [0.2, 0.25) is 0 Å². The van der Waals surface area contributed by atoms with Gasteiger partial charge >= 0.3 is 6.03 Å². The molecule has 1 aliphatic carbocycles. The first-order valence-electron chi connectivity index (χ1n) is 9.96. The molecule has 2 aliphatic rings. The molecular weight excluding hydrogens is 388 g/mol. The summed E-state index contributed by atoms with van der Waals surface area (Å²) in [4.78, 5) is 37.4. The molecule has 11 nitrogen and oxygen atoms in total. The highest BCUT2D eigenvalue weighted by Gasteiger charge is 2.52. The van der Waals surface area contributed by atoms with E-state index in [-0.39, 0.29) is 12.5 Å². The van der Waals surface area contributed by atoms with Crippen LogP contribution in [0.1, 0.15) is 43.5 Å². The Kier molecular flexibility index (Phi) is 5.10. The van der Waals surface area contributed by atoms with E-state index in [0.29, 0.717) is 24.4 Å². The molecule has 1 aliphatic heterocycles. The molecule has 2 heterocycles. The average Bonchev–Trinajstić information content (AvgIpc) is 3.25. The van der Waals surface area contributed by atoms with E-state index in [0.717, 1.165) is 35.5 Å². The van der Waals surface area contributed by atoms with Crippen molar-refractivity contribution in [2.45, 2.75) is 51.5 Å². The van der Waals surface area contributed by atoms with Crippen molar-refractivity contribution in [3.63, 3.8) is 0 Å². The van der Waals surface area contributed by atoms with Crippen molar-refractivity contribution in [1.82, 2.24) is 36.0 Å². The summed E-state index contributed by atoms with van der Waals surface area (Å²) in [7, 11) is 0. The minimum atomic E-state index is -0.869. The second-order valence-electron chi connectivity index (χ2n) is 7.74. The standard InChI is InChI=1S/C19H24N8O3/c1-12-6-7-14(10-15(12)26-13(2)22-24-25-26)20-11-16(28)23-27-17(29)19(21-18(27)30)8-4-3-5-9-19/h6-7,10,20H,3-5,8-9,11H2,1-2H3,(H,21,30)(H,23,28). The number of aryl methyl sites for hydroxylation is 2. The zero-order valence-electron chi connectivity index (χ0n) is 16.9. The second kappa shape index (κ2) is 7.73. The highest BCUT2D eigenvalue weighted by atomic mass is 16.2. The number of amides is 4. The van der Waals surface area contributed by atoms with Crippen molar-refractivity contribution in [1.29, 1.82) is 0 Å². The van der Waals surface area contributed by atoms with Gasteiger partial charge in [-0.1, -0.05) is 25.3 Å². The fourth-order valence-corrected chi connectivity index (χ4v) is 3.96. The van der Waals surface area contributed by atoms with Crippen LogP contribution in [-0.2, 0) is 9.59 Å². The third kappa shape index (κ3) is 3.58. The maximum absolute atomic E-state index is 12.7. The summed E-state index contributed by atoms with van der Waals surface area (Å²) in [5, 5.41) is 18.1. The van der Waals surface area contributed by atoms with Crippen LogP contribution in [0.5, 0.6) is 0 Å². The molecule has 1 aromatic heterocycles. The summed E-state index contributed by atoms with van der Waals surface area (Å²) >= 11 is 0. The number of rotatable bonds is 5. The van der Waals surface area contributed by atoms with E-state index in [1.165, 1.54) is 0 Å². The number of hydrogen-bond acceptors (Lipinski definition) is 7. The predicted molar refractivity (Wildman–Crippen MR) is 106 cm³/mol. The second-order valence-corrected chi connectivity index (χ2v) is 7.74. The van der Waals surface area contributed by atoms with Crippen molar-refractivity contribution in [3.8, 4) is 5.69 Å². The van der Waals surface area contributed by atoms with Crippen LogP contribution in [0, 0.1) is 13.8 Å². The minimum absolute atomic E-state index is 0.110. The minimum Gasteiger partial charge on any atom is -0.376 e. The van der Waals surface area contributed by atoms with Gasteiger partial charge in [0.25, 0.3) is 11.8 Å². The Morgan fingerprint density at radius 2 is 1.97 bits per heavy atom. The van der Waals surface area contributed by atoms with Gasteiger partial charge in [0.05, 0.1) is 12.2 Å². The number of imide groups is 1. The molecule has 4 rings (SSSR count). The quantitative estimate of drug-likeness (QED) is 0.623. The Morgan fingerprint density at radius 3 is 2.67 bits per heavy atom. The van der Waals surface area contributed by atoms with Gasteiger partial charge in [-0.15, -0.1) is 5.10 Å². The van der Waals surface area contributed by atoms with Gasteiger partial charge in [0.15, 0.2) is 5.82 Å². The first-order chi connectivity index (χ1) is 14.4. The number of carbonyl (C=O) groups is 3. The lowest BCUT2D eigenvalue weighted by Gasteiger charge is -2.30. The van der Waals surface area contributed by atoms with E-state index in [4.69, 9.17) is 0 Å². The molecule has 0 unspecified atom stereocenters. The summed E-state index contributed by atoms with van der Waals surface area (Å²) in [6.07, 6.45) is 4.01. The van der Waals surface area contributed by atoms with E-state index in [2.05, 4.69) is 31.6 Å². The van der Waals surface area contributed by atoms with Crippen LogP contribution in [0.25, 0.3) is 5.69 Å². The Hall–Kier alpha value is -3.50. The predicted octanol–water partition coefficient (Wildman–Crippen LogP) is 0.977. The monoisotopic (exact) mass is 412 g/mol. The van der Waals surface area contributed by atoms with Gasteiger partial charge in [-0.05, 0) is 54.8 Å². The molecule has 2 fully saturated rings. The molecule has 158 valence electrons. The summed E-state index contributed by atoms with van der Waals surface area (Å²) in [6.45, 7) is 3.62. The van der Waals surface area contributed by atoms with Crippen LogP contribution in [-0.4, -0.2) is 55.1 Å². The molecule has 1 saturated carbocycles. The molecule has 1 saturated heterocycles. The average molecular weight is 412 g/mol. The summed E-state index contributed by atoms with van der Waals surface area (Å²) < 4.78 is 1.61. The lowest BCUT2D eigenvalue weighted by Crippen LogP contribution is -2.51. The number of hydrazine groups is 1. The number of anilines is 1. The smallest absolute Gasteiger partial charge is 0.344 e. The van der Waals surface area contributed by atoms with Crippen LogP contribution in [0.2, 0.25) is 0 Å². The number of tetrazole rings is 1. The Balaban J connectivity index is 1.39. The number of urea groups is 1. The maximum Gasteiger partial charge on any atom is 0.344 e. The van der Waals surface area contributed by atoms with E-state index < -0.39 is 17.5 Å². The molecule has 0 radical (unpaired) electrons. The van der Waals surface area contributed by atoms with Crippen LogP contribution in [0.3, 0.4) is 0 Å².